The van der Waals surface area contributed by atoms with Crippen LogP contribution in [0.25, 0.3) is 0 Å². The minimum absolute atomic E-state index is 0.0195. The third kappa shape index (κ3) is 1.06. The molecule has 2 aliphatic carbocycles. The zero-order valence-corrected chi connectivity index (χ0v) is 7.90. The molecule has 2 rings (SSSR count). The van der Waals surface area contributed by atoms with Gasteiger partial charge in [-0.2, -0.15) is 0 Å². The van der Waals surface area contributed by atoms with Crippen molar-refractivity contribution in [3.8, 4) is 0 Å². The second-order valence-electron chi connectivity index (χ2n) is 3.85. The third-order valence-electron chi connectivity index (χ3n) is 3.07. The Bertz CT molecular complexity index is 304. The van der Waals surface area contributed by atoms with Crippen molar-refractivity contribution in [1.82, 2.24) is 0 Å². The summed E-state index contributed by atoms with van der Waals surface area (Å²) in [5, 5.41) is 9.08. The highest BCUT2D eigenvalue weighted by Crippen LogP contribution is 2.59. The molecule has 4 heteroatoms. The molecule has 0 bridgehead atoms. The van der Waals surface area contributed by atoms with E-state index in [2.05, 4.69) is 0 Å². The Kier molecular flexibility index (Phi) is 1.87. The lowest BCUT2D eigenvalue weighted by Crippen LogP contribution is -2.32. The van der Waals surface area contributed by atoms with Crippen LogP contribution in [0.15, 0.2) is 12.2 Å². The second-order valence-corrected chi connectivity index (χ2v) is 3.85. The smallest absolute Gasteiger partial charge is 0.348 e. The van der Waals surface area contributed by atoms with Crippen LogP contribution in [0.4, 0.5) is 0 Å². The van der Waals surface area contributed by atoms with Crippen LogP contribution in [0.3, 0.4) is 0 Å². The Balaban J connectivity index is 2.20. The number of carboxylic acids is 1. The number of hydrogen-bond acceptors (Lipinski definition) is 3. The van der Waals surface area contributed by atoms with Crippen LogP contribution in [0.1, 0.15) is 19.8 Å². The number of carbonyl (C=O) groups is 2. The van der Waals surface area contributed by atoms with Gasteiger partial charge in [0.05, 0.1) is 0 Å². The molecule has 1 unspecified atom stereocenters. The van der Waals surface area contributed by atoms with E-state index in [4.69, 9.17) is 9.84 Å². The van der Waals surface area contributed by atoms with Crippen molar-refractivity contribution in [3.05, 3.63) is 12.2 Å². The molecule has 0 aromatic rings. The number of allylic oxidation sites excluding steroid dienone is 2. The normalized spacial score (nSPS) is 38.6. The predicted octanol–water partition coefficient (Wildman–Crippen LogP) is 0.969. The Morgan fingerprint density at radius 3 is 2.21 bits per heavy atom. The van der Waals surface area contributed by atoms with E-state index in [-0.39, 0.29) is 11.8 Å². The van der Waals surface area contributed by atoms with E-state index in [0.717, 1.165) is 0 Å². The lowest BCUT2D eigenvalue weighted by atomic mass is 10.1. The van der Waals surface area contributed by atoms with Crippen LogP contribution >= 0.6 is 0 Å². The first-order valence-corrected chi connectivity index (χ1v) is 4.67. The van der Waals surface area contributed by atoms with Crippen molar-refractivity contribution >= 4 is 11.9 Å². The molecular formula is C10H12O4. The molecule has 4 nitrogen and oxygen atoms in total. The fourth-order valence-corrected chi connectivity index (χ4v) is 2.42. The lowest BCUT2D eigenvalue weighted by molar-refractivity contribution is -0.168. The van der Waals surface area contributed by atoms with Gasteiger partial charge in [-0.25, -0.2) is 4.79 Å². The fourth-order valence-electron chi connectivity index (χ4n) is 2.42. The summed E-state index contributed by atoms with van der Waals surface area (Å²) in [5.74, 6) is -1.56. The number of ether oxygens (including phenoxy) is 1. The van der Waals surface area contributed by atoms with Gasteiger partial charge in [0.1, 0.15) is 0 Å². The molecule has 14 heavy (non-hydrogen) atoms. The van der Waals surface area contributed by atoms with Gasteiger partial charge >= 0.3 is 11.9 Å². The monoisotopic (exact) mass is 196 g/mol. The minimum Gasteiger partial charge on any atom is -0.478 e. The molecule has 0 aliphatic heterocycles. The number of fused-ring (bicyclic) bond motifs is 1. The number of aliphatic carboxylic acids is 1. The van der Waals surface area contributed by atoms with E-state index in [1.165, 1.54) is 6.92 Å². The maximum atomic E-state index is 11.1. The topological polar surface area (TPSA) is 63.6 Å². The molecule has 1 fully saturated rings. The van der Waals surface area contributed by atoms with E-state index in [1.54, 1.807) is 0 Å². The van der Waals surface area contributed by atoms with Gasteiger partial charge < -0.3 is 9.84 Å². The first kappa shape index (κ1) is 9.24. The summed E-state index contributed by atoms with van der Waals surface area (Å²) in [7, 11) is 0. The summed E-state index contributed by atoms with van der Waals surface area (Å²) in [5.41, 5.74) is -1.23. The SMILES string of the molecule is CC(=O)OC1(C(=O)O)[C@@H]2CC=CC[C@@H]21. The van der Waals surface area contributed by atoms with Crippen LogP contribution in [0.2, 0.25) is 0 Å². The predicted molar refractivity (Wildman–Crippen MR) is 47.5 cm³/mol. The lowest BCUT2D eigenvalue weighted by Gasteiger charge is -2.12. The maximum absolute atomic E-state index is 11.1. The molecule has 76 valence electrons. The molecule has 0 amide bonds. The van der Waals surface area contributed by atoms with Gasteiger partial charge in [0.25, 0.3) is 0 Å². The molecule has 0 spiro atoms. The Labute approximate surface area is 81.6 Å². The molecule has 0 aromatic heterocycles. The van der Waals surface area contributed by atoms with E-state index in [1.807, 2.05) is 12.2 Å². The van der Waals surface area contributed by atoms with Crippen molar-refractivity contribution in [2.24, 2.45) is 11.8 Å². The van der Waals surface area contributed by atoms with Gasteiger partial charge in [0, 0.05) is 18.8 Å². The maximum Gasteiger partial charge on any atom is 0.348 e. The molecular weight excluding hydrogens is 184 g/mol. The third-order valence-corrected chi connectivity index (χ3v) is 3.07. The van der Waals surface area contributed by atoms with Crippen LogP contribution in [0, 0.1) is 11.8 Å². The molecule has 0 saturated heterocycles. The second kappa shape index (κ2) is 2.83. The summed E-state index contributed by atoms with van der Waals surface area (Å²) in [6, 6.07) is 0. The first-order valence-electron chi connectivity index (χ1n) is 4.67. The van der Waals surface area contributed by atoms with Crippen molar-refractivity contribution < 1.29 is 19.4 Å². The zero-order valence-electron chi connectivity index (χ0n) is 7.90. The Morgan fingerprint density at radius 1 is 1.36 bits per heavy atom. The molecule has 1 N–H and O–H groups in total. The van der Waals surface area contributed by atoms with Gasteiger partial charge in [-0.1, -0.05) is 12.2 Å². The molecule has 0 radical (unpaired) electrons. The largest absolute Gasteiger partial charge is 0.478 e. The van der Waals surface area contributed by atoms with Gasteiger partial charge in [0.15, 0.2) is 0 Å². The summed E-state index contributed by atoms with van der Waals surface area (Å²) >= 11 is 0. The van der Waals surface area contributed by atoms with Gasteiger partial charge in [-0.15, -0.1) is 0 Å². The highest BCUT2D eigenvalue weighted by Gasteiger charge is 2.72. The van der Waals surface area contributed by atoms with Crippen LogP contribution in [-0.2, 0) is 14.3 Å². The number of carboxylic acid groups (broad SMARTS) is 1. The van der Waals surface area contributed by atoms with Crippen molar-refractivity contribution in [3.63, 3.8) is 0 Å². The average molecular weight is 196 g/mol. The summed E-state index contributed by atoms with van der Waals surface area (Å²) in [6.45, 7) is 1.25. The molecule has 3 atom stereocenters. The first-order chi connectivity index (χ1) is 6.59. The molecule has 0 heterocycles. The fraction of sp³-hybridized carbons (Fsp3) is 0.600. The Morgan fingerprint density at radius 2 is 1.86 bits per heavy atom. The molecule has 2 aliphatic rings. The number of hydrogen-bond donors (Lipinski definition) is 1. The molecule has 1 saturated carbocycles. The highest BCUT2D eigenvalue weighted by molar-refractivity contribution is 5.86. The van der Waals surface area contributed by atoms with Crippen molar-refractivity contribution in [2.75, 3.05) is 0 Å². The van der Waals surface area contributed by atoms with Crippen LogP contribution in [-0.4, -0.2) is 22.6 Å². The standard InChI is InChI=1S/C10H12O4/c1-6(11)14-10(9(12)13)7-4-2-3-5-8(7)10/h2-3,7-8H,4-5H2,1H3,(H,12,13)/t7-,8+,10?. The van der Waals surface area contributed by atoms with Gasteiger partial charge in [-0.05, 0) is 12.8 Å². The van der Waals surface area contributed by atoms with Crippen molar-refractivity contribution in [1.29, 1.82) is 0 Å². The minimum atomic E-state index is -1.23. The molecule has 0 aromatic carbocycles. The van der Waals surface area contributed by atoms with E-state index >= 15 is 0 Å². The van der Waals surface area contributed by atoms with E-state index in [9.17, 15) is 9.59 Å². The average Bonchev–Trinajstić information content (AvgIpc) is 2.75. The van der Waals surface area contributed by atoms with Crippen LogP contribution in [0.5, 0.6) is 0 Å². The van der Waals surface area contributed by atoms with Crippen LogP contribution < -0.4 is 0 Å². The number of carbonyl (C=O) groups excluding carboxylic acids is 1. The Hall–Kier alpha value is -1.32. The highest BCUT2D eigenvalue weighted by atomic mass is 16.6. The van der Waals surface area contributed by atoms with Gasteiger partial charge in [-0.3, -0.25) is 4.79 Å². The number of rotatable bonds is 2. The summed E-state index contributed by atoms with van der Waals surface area (Å²) in [4.78, 5) is 21.9. The zero-order chi connectivity index (χ0) is 10.3. The van der Waals surface area contributed by atoms with E-state index < -0.39 is 17.5 Å². The van der Waals surface area contributed by atoms with Crippen molar-refractivity contribution in [2.45, 2.75) is 25.4 Å². The van der Waals surface area contributed by atoms with E-state index in [0.29, 0.717) is 12.8 Å². The quantitative estimate of drug-likeness (QED) is 0.528. The summed E-state index contributed by atoms with van der Waals surface area (Å²) < 4.78 is 4.98. The number of esters is 1. The summed E-state index contributed by atoms with van der Waals surface area (Å²) in [6.07, 6.45) is 5.30. The van der Waals surface area contributed by atoms with Gasteiger partial charge in [0.2, 0.25) is 5.60 Å².